The summed E-state index contributed by atoms with van der Waals surface area (Å²) in [5.74, 6) is -0.721. The number of hydrogen-bond donors (Lipinski definition) is 1. The fourth-order valence-corrected chi connectivity index (χ4v) is 2.26. The number of hydrogen-bond acceptors (Lipinski definition) is 3. The van der Waals surface area contributed by atoms with E-state index in [1.165, 1.54) is 12.1 Å². The second-order valence-corrected chi connectivity index (χ2v) is 4.90. The molecule has 1 aliphatic rings. The zero-order chi connectivity index (χ0) is 14.0. The van der Waals surface area contributed by atoms with Gasteiger partial charge in [-0.2, -0.15) is 0 Å². The molecule has 2 rings (SSSR count). The number of ether oxygens (including phenoxy) is 1. The number of nitrogens with two attached hydrogens (primary N) is 1. The molecule has 0 saturated carbocycles. The van der Waals surface area contributed by atoms with E-state index in [0.717, 1.165) is 6.42 Å². The highest BCUT2D eigenvalue weighted by Gasteiger charge is 2.30. The first-order valence-corrected chi connectivity index (χ1v) is 6.50. The van der Waals surface area contributed by atoms with Crippen LogP contribution in [0.2, 0.25) is 0 Å². The second kappa shape index (κ2) is 5.57. The summed E-state index contributed by atoms with van der Waals surface area (Å²) in [6.07, 6.45) is 0.820. The second-order valence-electron chi connectivity index (χ2n) is 4.90. The summed E-state index contributed by atoms with van der Waals surface area (Å²) in [7, 11) is 0. The molecule has 1 aromatic carbocycles. The van der Waals surface area contributed by atoms with E-state index in [9.17, 15) is 9.18 Å². The maximum atomic E-state index is 13.4. The molecule has 0 spiro atoms. The molecule has 19 heavy (non-hydrogen) atoms. The third kappa shape index (κ3) is 2.87. The fourth-order valence-electron chi connectivity index (χ4n) is 2.26. The fraction of sp³-hybridized carbons (Fsp3) is 0.500. The predicted molar refractivity (Wildman–Crippen MR) is 71.3 cm³/mol. The van der Waals surface area contributed by atoms with Gasteiger partial charge in [0.1, 0.15) is 5.82 Å². The van der Waals surface area contributed by atoms with Crippen LogP contribution >= 0.6 is 0 Å². The molecule has 2 N–H and O–H groups in total. The Morgan fingerprint density at radius 1 is 1.58 bits per heavy atom. The van der Waals surface area contributed by atoms with Crippen molar-refractivity contribution in [1.82, 2.24) is 4.90 Å². The lowest BCUT2D eigenvalue weighted by Crippen LogP contribution is -2.51. The van der Waals surface area contributed by atoms with Crippen LogP contribution in [0.1, 0.15) is 30.6 Å². The lowest BCUT2D eigenvalue weighted by molar-refractivity contribution is -0.0444. The third-order valence-electron chi connectivity index (χ3n) is 3.45. The van der Waals surface area contributed by atoms with E-state index in [-0.39, 0.29) is 23.7 Å². The number of carbonyl (C=O) groups is 1. The first-order chi connectivity index (χ1) is 9.02. The van der Waals surface area contributed by atoms with Gasteiger partial charge in [-0.1, -0.05) is 6.92 Å². The van der Waals surface area contributed by atoms with Crippen LogP contribution in [0.3, 0.4) is 0 Å². The molecule has 2 unspecified atom stereocenters. The molecule has 1 heterocycles. The molecule has 0 aromatic heterocycles. The van der Waals surface area contributed by atoms with Crippen LogP contribution in [-0.4, -0.2) is 36.1 Å². The van der Waals surface area contributed by atoms with E-state index >= 15 is 0 Å². The van der Waals surface area contributed by atoms with Gasteiger partial charge in [-0.05, 0) is 31.5 Å². The Labute approximate surface area is 112 Å². The van der Waals surface area contributed by atoms with Gasteiger partial charge < -0.3 is 15.4 Å². The molecule has 1 fully saturated rings. The smallest absolute Gasteiger partial charge is 0.254 e. The summed E-state index contributed by atoms with van der Waals surface area (Å²) in [4.78, 5) is 14.2. The highest BCUT2D eigenvalue weighted by atomic mass is 19.1. The van der Waals surface area contributed by atoms with Gasteiger partial charge in [0.15, 0.2) is 0 Å². The molecular formula is C14H19FN2O2. The van der Waals surface area contributed by atoms with Gasteiger partial charge in [-0.3, -0.25) is 4.79 Å². The molecule has 5 heteroatoms. The molecular weight excluding hydrogens is 247 g/mol. The van der Waals surface area contributed by atoms with Crippen LogP contribution in [0.5, 0.6) is 0 Å². The topological polar surface area (TPSA) is 55.6 Å². The largest absolute Gasteiger partial charge is 0.396 e. The SMILES string of the molecule is CCC1COC(C)CN1C(=O)c1ccc(N)c(F)c1. The minimum atomic E-state index is -0.555. The number of nitrogen functional groups attached to an aromatic ring is 1. The van der Waals surface area contributed by atoms with Crippen molar-refractivity contribution < 1.29 is 13.9 Å². The molecule has 0 radical (unpaired) electrons. The molecule has 2 atom stereocenters. The van der Waals surface area contributed by atoms with Crippen LogP contribution in [0.4, 0.5) is 10.1 Å². The maximum Gasteiger partial charge on any atom is 0.254 e. The molecule has 1 aromatic rings. The van der Waals surface area contributed by atoms with Crippen molar-refractivity contribution >= 4 is 11.6 Å². The highest BCUT2D eigenvalue weighted by molar-refractivity contribution is 5.94. The van der Waals surface area contributed by atoms with Crippen molar-refractivity contribution in [2.75, 3.05) is 18.9 Å². The molecule has 0 bridgehead atoms. The van der Waals surface area contributed by atoms with Crippen LogP contribution < -0.4 is 5.73 Å². The average Bonchev–Trinajstić information content (AvgIpc) is 2.41. The number of benzene rings is 1. The number of morpholine rings is 1. The average molecular weight is 266 g/mol. The van der Waals surface area contributed by atoms with Crippen LogP contribution in [0.15, 0.2) is 18.2 Å². The Hall–Kier alpha value is -1.62. The first-order valence-electron chi connectivity index (χ1n) is 6.50. The standard InChI is InChI=1S/C14H19FN2O2/c1-3-11-8-19-9(2)7-17(11)14(18)10-4-5-13(16)12(15)6-10/h4-6,9,11H,3,7-8,16H2,1-2H3. The maximum absolute atomic E-state index is 13.4. The lowest BCUT2D eigenvalue weighted by Gasteiger charge is -2.38. The summed E-state index contributed by atoms with van der Waals surface area (Å²) in [6, 6.07) is 4.23. The van der Waals surface area contributed by atoms with E-state index in [1.54, 1.807) is 11.0 Å². The monoisotopic (exact) mass is 266 g/mol. The zero-order valence-electron chi connectivity index (χ0n) is 11.2. The van der Waals surface area contributed by atoms with Gasteiger partial charge in [0.2, 0.25) is 0 Å². The summed E-state index contributed by atoms with van der Waals surface area (Å²) < 4.78 is 19.0. The van der Waals surface area contributed by atoms with Crippen molar-refractivity contribution in [2.24, 2.45) is 0 Å². The Balaban J connectivity index is 2.23. The van der Waals surface area contributed by atoms with Gasteiger partial charge in [0, 0.05) is 12.1 Å². The first kappa shape index (κ1) is 13.8. The quantitative estimate of drug-likeness (QED) is 0.833. The number of halogens is 1. The highest BCUT2D eigenvalue weighted by Crippen LogP contribution is 2.19. The van der Waals surface area contributed by atoms with E-state index in [1.807, 2.05) is 13.8 Å². The molecule has 1 amide bonds. The third-order valence-corrected chi connectivity index (χ3v) is 3.45. The van der Waals surface area contributed by atoms with E-state index in [0.29, 0.717) is 18.7 Å². The lowest BCUT2D eigenvalue weighted by atomic mass is 10.1. The Morgan fingerprint density at radius 3 is 2.95 bits per heavy atom. The Morgan fingerprint density at radius 2 is 2.32 bits per heavy atom. The molecule has 4 nitrogen and oxygen atoms in total. The van der Waals surface area contributed by atoms with Gasteiger partial charge in [-0.15, -0.1) is 0 Å². The number of carbonyl (C=O) groups excluding carboxylic acids is 1. The van der Waals surface area contributed by atoms with Gasteiger partial charge in [-0.25, -0.2) is 4.39 Å². The summed E-state index contributed by atoms with van der Waals surface area (Å²) in [5, 5.41) is 0. The minimum Gasteiger partial charge on any atom is -0.396 e. The predicted octanol–water partition coefficient (Wildman–Crippen LogP) is 2.05. The van der Waals surface area contributed by atoms with E-state index < -0.39 is 5.82 Å². The zero-order valence-corrected chi connectivity index (χ0v) is 11.2. The number of rotatable bonds is 2. The molecule has 0 aliphatic carbocycles. The Bertz CT molecular complexity index is 479. The summed E-state index contributed by atoms with van der Waals surface area (Å²) in [6.45, 7) is 4.99. The van der Waals surface area contributed by atoms with E-state index in [4.69, 9.17) is 10.5 Å². The van der Waals surface area contributed by atoms with Crippen LogP contribution in [-0.2, 0) is 4.74 Å². The van der Waals surface area contributed by atoms with Crippen molar-refractivity contribution in [1.29, 1.82) is 0 Å². The Kier molecular flexibility index (Phi) is 4.04. The number of amides is 1. The normalized spacial score (nSPS) is 23.4. The van der Waals surface area contributed by atoms with Gasteiger partial charge in [0.25, 0.3) is 5.91 Å². The summed E-state index contributed by atoms with van der Waals surface area (Å²) in [5.41, 5.74) is 5.81. The summed E-state index contributed by atoms with van der Waals surface area (Å²) >= 11 is 0. The van der Waals surface area contributed by atoms with Gasteiger partial charge >= 0.3 is 0 Å². The molecule has 104 valence electrons. The van der Waals surface area contributed by atoms with Crippen molar-refractivity contribution in [2.45, 2.75) is 32.4 Å². The number of anilines is 1. The molecule has 1 aliphatic heterocycles. The van der Waals surface area contributed by atoms with Crippen molar-refractivity contribution in [3.05, 3.63) is 29.6 Å². The minimum absolute atomic E-state index is 0.00498. The number of nitrogens with zero attached hydrogens (tertiary/aromatic N) is 1. The van der Waals surface area contributed by atoms with Gasteiger partial charge in [0.05, 0.1) is 24.4 Å². The van der Waals surface area contributed by atoms with E-state index in [2.05, 4.69) is 0 Å². The van der Waals surface area contributed by atoms with Crippen molar-refractivity contribution in [3.63, 3.8) is 0 Å². The van der Waals surface area contributed by atoms with Crippen molar-refractivity contribution in [3.8, 4) is 0 Å². The molecule has 1 saturated heterocycles. The van der Waals surface area contributed by atoms with Crippen LogP contribution in [0.25, 0.3) is 0 Å². The van der Waals surface area contributed by atoms with Crippen LogP contribution in [0, 0.1) is 5.82 Å².